The number of aryl methyl sites for hydroxylation is 1. The maximum absolute atomic E-state index is 4.43. The second-order valence-corrected chi connectivity index (χ2v) is 7.61. The van der Waals surface area contributed by atoms with Crippen molar-refractivity contribution in [1.29, 1.82) is 0 Å². The van der Waals surface area contributed by atoms with Crippen molar-refractivity contribution >= 4 is 0 Å². The molecule has 2 fully saturated rings. The normalized spacial score (nSPS) is 20.9. The number of hydrogen-bond acceptors (Lipinski definition) is 4. The molecule has 0 bridgehead atoms. The summed E-state index contributed by atoms with van der Waals surface area (Å²) in [6.45, 7) is 6.35. The van der Waals surface area contributed by atoms with E-state index in [1.54, 1.807) is 0 Å². The lowest BCUT2D eigenvalue weighted by Crippen LogP contribution is -2.34. The fourth-order valence-corrected chi connectivity index (χ4v) is 4.19. The Labute approximate surface area is 143 Å². The summed E-state index contributed by atoms with van der Waals surface area (Å²) in [5, 5.41) is 16.2. The van der Waals surface area contributed by atoms with Crippen molar-refractivity contribution in [3.8, 4) is 0 Å². The third kappa shape index (κ3) is 3.69. The quantitative estimate of drug-likeness (QED) is 0.917. The Morgan fingerprint density at radius 2 is 1.96 bits per heavy atom. The first-order valence-corrected chi connectivity index (χ1v) is 9.39. The monoisotopic (exact) mass is 328 g/mol. The van der Waals surface area contributed by atoms with E-state index in [2.05, 4.69) is 49.3 Å². The van der Waals surface area contributed by atoms with Gasteiger partial charge in [0.15, 0.2) is 0 Å². The van der Waals surface area contributed by atoms with Gasteiger partial charge in [-0.15, -0.1) is 5.10 Å². The number of nitrogens with one attached hydrogen (secondary N) is 1. The molecule has 1 N–H and O–H groups in total. The number of H-pyrrole nitrogens is 1. The number of nitrogens with zero attached hydrogens (tertiary/aromatic N) is 5. The Kier molecular flexibility index (Phi) is 4.65. The van der Waals surface area contributed by atoms with Crippen molar-refractivity contribution in [2.24, 2.45) is 5.92 Å². The van der Waals surface area contributed by atoms with Gasteiger partial charge >= 0.3 is 0 Å². The molecular weight excluding hydrogens is 300 g/mol. The van der Waals surface area contributed by atoms with Gasteiger partial charge in [0.05, 0.1) is 11.4 Å². The Bertz CT molecular complexity index is 646. The molecule has 130 valence electrons. The van der Waals surface area contributed by atoms with Crippen LogP contribution in [0.1, 0.15) is 61.5 Å². The zero-order chi connectivity index (χ0) is 16.4. The third-order valence-corrected chi connectivity index (χ3v) is 5.63. The van der Waals surface area contributed by atoms with Gasteiger partial charge in [-0.25, -0.2) is 0 Å². The van der Waals surface area contributed by atoms with Crippen molar-refractivity contribution in [2.75, 3.05) is 13.1 Å². The minimum Gasteiger partial charge on any atom is -0.297 e. The first-order chi connectivity index (χ1) is 11.8. The van der Waals surface area contributed by atoms with Crippen molar-refractivity contribution in [3.05, 3.63) is 29.3 Å². The third-order valence-electron chi connectivity index (χ3n) is 5.63. The van der Waals surface area contributed by atoms with Crippen LogP contribution in [0.3, 0.4) is 0 Å². The van der Waals surface area contributed by atoms with Gasteiger partial charge in [-0.05, 0) is 57.7 Å². The van der Waals surface area contributed by atoms with E-state index in [0.29, 0.717) is 5.92 Å². The number of aromatic amines is 1. The molecule has 24 heavy (non-hydrogen) atoms. The second-order valence-electron chi connectivity index (χ2n) is 7.61. The summed E-state index contributed by atoms with van der Waals surface area (Å²) < 4.78 is 2.09. The summed E-state index contributed by atoms with van der Waals surface area (Å²) in [6, 6.07) is 2.14. The molecule has 0 atom stereocenters. The standard InChI is InChI=1S/C18H28N6/c1-14-10-17(20-19-14)12-23-8-6-15(7-9-23)11-24-13-18(21-22-24)16-4-2-3-5-16/h10,13,15-16H,2-9,11-12H2,1H3,(H,19,20). The molecule has 3 heterocycles. The van der Waals surface area contributed by atoms with E-state index in [-0.39, 0.29) is 0 Å². The molecule has 0 radical (unpaired) electrons. The van der Waals surface area contributed by atoms with Crippen LogP contribution < -0.4 is 0 Å². The van der Waals surface area contributed by atoms with E-state index < -0.39 is 0 Å². The fraction of sp³-hybridized carbons (Fsp3) is 0.722. The van der Waals surface area contributed by atoms with Crippen LogP contribution in [0.4, 0.5) is 0 Å². The van der Waals surface area contributed by atoms with Crippen LogP contribution in [-0.4, -0.2) is 43.2 Å². The summed E-state index contributed by atoms with van der Waals surface area (Å²) >= 11 is 0. The van der Waals surface area contributed by atoms with Crippen molar-refractivity contribution in [2.45, 2.75) is 64.5 Å². The number of piperidine rings is 1. The highest BCUT2D eigenvalue weighted by molar-refractivity contribution is 5.06. The number of likely N-dealkylation sites (tertiary alicyclic amines) is 1. The van der Waals surface area contributed by atoms with Gasteiger partial charge in [0.25, 0.3) is 0 Å². The van der Waals surface area contributed by atoms with Crippen LogP contribution in [0, 0.1) is 12.8 Å². The molecule has 4 rings (SSSR count). The van der Waals surface area contributed by atoms with Gasteiger partial charge in [0.1, 0.15) is 0 Å². The van der Waals surface area contributed by atoms with Crippen LogP contribution in [0.25, 0.3) is 0 Å². The lowest BCUT2D eigenvalue weighted by Gasteiger charge is -2.31. The number of aromatic nitrogens is 5. The molecule has 2 aliphatic rings. The molecule has 1 saturated carbocycles. The van der Waals surface area contributed by atoms with E-state index in [9.17, 15) is 0 Å². The average Bonchev–Trinajstić information content (AvgIpc) is 3.31. The Hall–Kier alpha value is -1.69. The van der Waals surface area contributed by atoms with Crippen LogP contribution >= 0.6 is 0 Å². The maximum atomic E-state index is 4.43. The molecule has 1 aliphatic heterocycles. The second kappa shape index (κ2) is 7.05. The van der Waals surface area contributed by atoms with E-state index in [4.69, 9.17) is 0 Å². The van der Waals surface area contributed by atoms with Gasteiger partial charge in [-0.3, -0.25) is 14.7 Å². The van der Waals surface area contributed by atoms with E-state index in [0.717, 1.165) is 43.5 Å². The van der Waals surface area contributed by atoms with Gasteiger partial charge in [0, 0.05) is 30.9 Å². The zero-order valence-electron chi connectivity index (χ0n) is 14.6. The Balaban J connectivity index is 1.25. The molecule has 6 heteroatoms. The largest absolute Gasteiger partial charge is 0.297 e. The van der Waals surface area contributed by atoms with Crippen LogP contribution in [-0.2, 0) is 13.1 Å². The molecule has 0 spiro atoms. The zero-order valence-corrected chi connectivity index (χ0v) is 14.6. The molecule has 2 aromatic rings. The molecule has 0 aromatic carbocycles. The summed E-state index contributed by atoms with van der Waals surface area (Å²) in [7, 11) is 0. The highest BCUT2D eigenvalue weighted by atomic mass is 15.4. The van der Waals surface area contributed by atoms with Crippen LogP contribution in [0.15, 0.2) is 12.3 Å². The predicted molar refractivity (Wildman–Crippen MR) is 92.6 cm³/mol. The van der Waals surface area contributed by atoms with Crippen LogP contribution in [0.2, 0.25) is 0 Å². The lowest BCUT2D eigenvalue weighted by molar-refractivity contribution is 0.162. The fourth-order valence-electron chi connectivity index (χ4n) is 4.19. The minimum absolute atomic E-state index is 0.665. The van der Waals surface area contributed by atoms with E-state index in [1.165, 1.54) is 44.2 Å². The minimum atomic E-state index is 0.665. The molecule has 2 aromatic heterocycles. The lowest BCUT2D eigenvalue weighted by atomic mass is 9.96. The van der Waals surface area contributed by atoms with Crippen molar-refractivity contribution < 1.29 is 0 Å². The van der Waals surface area contributed by atoms with Gasteiger partial charge in [0.2, 0.25) is 0 Å². The Morgan fingerprint density at radius 1 is 1.17 bits per heavy atom. The number of rotatable bonds is 5. The van der Waals surface area contributed by atoms with E-state index >= 15 is 0 Å². The van der Waals surface area contributed by atoms with Crippen molar-refractivity contribution in [1.82, 2.24) is 30.1 Å². The topological polar surface area (TPSA) is 62.6 Å². The molecule has 1 saturated heterocycles. The molecular formula is C18H28N6. The Morgan fingerprint density at radius 3 is 2.67 bits per heavy atom. The first-order valence-electron chi connectivity index (χ1n) is 9.39. The van der Waals surface area contributed by atoms with Gasteiger partial charge in [-0.2, -0.15) is 5.10 Å². The SMILES string of the molecule is Cc1cc(CN2CCC(Cn3cc(C4CCCC4)nn3)CC2)n[nH]1. The van der Waals surface area contributed by atoms with Gasteiger partial charge in [-0.1, -0.05) is 18.1 Å². The van der Waals surface area contributed by atoms with E-state index in [1.807, 2.05) is 0 Å². The molecule has 6 nitrogen and oxygen atoms in total. The highest BCUT2D eigenvalue weighted by Gasteiger charge is 2.23. The summed E-state index contributed by atoms with van der Waals surface area (Å²) in [4.78, 5) is 2.51. The average molecular weight is 328 g/mol. The predicted octanol–water partition coefficient (Wildman–Crippen LogP) is 2.88. The van der Waals surface area contributed by atoms with Crippen LogP contribution in [0.5, 0.6) is 0 Å². The van der Waals surface area contributed by atoms with Crippen molar-refractivity contribution in [3.63, 3.8) is 0 Å². The summed E-state index contributed by atoms with van der Waals surface area (Å²) in [6.07, 6.45) is 9.98. The molecule has 0 amide bonds. The first kappa shape index (κ1) is 15.8. The molecule has 1 aliphatic carbocycles. The summed E-state index contributed by atoms with van der Waals surface area (Å²) in [5.41, 5.74) is 3.52. The molecule has 0 unspecified atom stereocenters. The highest BCUT2D eigenvalue weighted by Crippen LogP contribution is 2.32. The van der Waals surface area contributed by atoms with Gasteiger partial charge < -0.3 is 0 Å². The number of hydrogen-bond donors (Lipinski definition) is 1. The summed E-state index contributed by atoms with van der Waals surface area (Å²) in [5.74, 6) is 1.39. The smallest absolute Gasteiger partial charge is 0.0857 e. The maximum Gasteiger partial charge on any atom is 0.0857 e.